The first-order valence-corrected chi connectivity index (χ1v) is 6.54. The minimum absolute atomic E-state index is 0.154. The smallest absolute Gasteiger partial charge is 0.320 e. The summed E-state index contributed by atoms with van der Waals surface area (Å²) in [5.74, 6) is -0.444. The summed E-state index contributed by atoms with van der Waals surface area (Å²) < 4.78 is 4.63. The molecule has 2 aliphatic rings. The summed E-state index contributed by atoms with van der Waals surface area (Å²) >= 11 is 0. The number of para-hydroxylation sites is 1. The molecule has 1 aliphatic carbocycles. The van der Waals surface area contributed by atoms with E-state index < -0.39 is 5.41 Å². The summed E-state index contributed by atoms with van der Waals surface area (Å²) in [4.78, 5) is 22.5. The van der Waals surface area contributed by atoms with Gasteiger partial charge in [0, 0.05) is 0 Å². The van der Waals surface area contributed by atoms with Crippen LogP contribution in [-0.2, 0) is 14.3 Å². The Morgan fingerprint density at radius 3 is 2.42 bits per heavy atom. The number of aromatic hydroxyl groups is 1. The molecule has 1 saturated heterocycles. The first-order valence-electron chi connectivity index (χ1n) is 6.54. The molecule has 1 N–H and O–H groups in total. The number of esters is 2. The summed E-state index contributed by atoms with van der Waals surface area (Å²) in [6.45, 7) is 1.85. The molecule has 2 atom stereocenters. The number of rotatable bonds is 0. The Kier molecular flexibility index (Phi) is 3.88. The van der Waals surface area contributed by atoms with Gasteiger partial charge < -0.3 is 9.84 Å². The maximum absolute atomic E-state index is 11.3. The Balaban J connectivity index is 0.000000163. The summed E-state index contributed by atoms with van der Waals surface area (Å²) in [7, 11) is 0. The number of phenolic OH excluding ortho intramolecular Hbond substituents is 1. The Labute approximate surface area is 112 Å². The molecule has 19 heavy (non-hydrogen) atoms. The van der Waals surface area contributed by atoms with Crippen LogP contribution in [0, 0.1) is 11.3 Å². The highest BCUT2D eigenvalue weighted by atomic mass is 16.6. The molecule has 3 rings (SSSR count). The summed E-state index contributed by atoms with van der Waals surface area (Å²) in [6.07, 6.45) is 3.71. The van der Waals surface area contributed by atoms with Gasteiger partial charge in [0.05, 0.1) is 11.3 Å². The number of hydrogen-bond acceptors (Lipinski definition) is 4. The summed E-state index contributed by atoms with van der Waals surface area (Å²) in [6, 6.07) is 8.71. The van der Waals surface area contributed by atoms with Gasteiger partial charge in [-0.2, -0.15) is 0 Å². The molecule has 1 aliphatic heterocycles. The van der Waals surface area contributed by atoms with E-state index in [0.717, 1.165) is 25.7 Å². The third kappa shape index (κ3) is 2.78. The number of benzene rings is 1. The van der Waals surface area contributed by atoms with Crippen molar-refractivity contribution in [3.8, 4) is 5.75 Å². The maximum Gasteiger partial charge on any atom is 0.320 e. The van der Waals surface area contributed by atoms with E-state index >= 15 is 0 Å². The van der Waals surface area contributed by atoms with E-state index in [1.165, 1.54) is 0 Å². The van der Waals surface area contributed by atoms with Gasteiger partial charge in [0.15, 0.2) is 0 Å². The Bertz CT molecular complexity index is 468. The highest BCUT2D eigenvalue weighted by molar-refractivity contribution is 5.99. The highest BCUT2D eigenvalue weighted by Crippen LogP contribution is 2.46. The zero-order valence-corrected chi connectivity index (χ0v) is 11.0. The van der Waals surface area contributed by atoms with Crippen LogP contribution in [0.2, 0.25) is 0 Å². The molecule has 102 valence electrons. The van der Waals surface area contributed by atoms with E-state index in [9.17, 15) is 9.59 Å². The molecule has 2 unspecified atom stereocenters. The fourth-order valence-electron chi connectivity index (χ4n) is 2.66. The second-order valence-corrected chi connectivity index (χ2v) is 5.26. The molecule has 0 aromatic heterocycles. The summed E-state index contributed by atoms with van der Waals surface area (Å²) in [5, 5.41) is 8.63. The topological polar surface area (TPSA) is 63.6 Å². The number of carbonyl (C=O) groups excluding carboxylic acids is 2. The molecule has 1 heterocycles. The van der Waals surface area contributed by atoms with Crippen LogP contribution in [-0.4, -0.2) is 17.0 Å². The molecule has 1 saturated carbocycles. The molecule has 0 bridgehead atoms. The second-order valence-electron chi connectivity index (χ2n) is 5.26. The lowest BCUT2D eigenvalue weighted by molar-refractivity contribution is -0.155. The van der Waals surface area contributed by atoms with Crippen molar-refractivity contribution in [3.05, 3.63) is 30.3 Å². The number of carbonyl (C=O) groups is 2. The highest BCUT2D eigenvalue weighted by Gasteiger charge is 2.54. The first kappa shape index (κ1) is 13.6. The molecule has 2 fully saturated rings. The van der Waals surface area contributed by atoms with Crippen molar-refractivity contribution in [2.45, 2.75) is 32.6 Å². The molecule has 0 radical (unpaired) electrons. The van der Waals surface area contributed by atoms with Crippen LogP contribution in [0.3, 0.4) is 0 Å². The van der Waals surface area contributed by atoms with Crippen LogP contribution < -0.4 is 0 Å². The molecule has 1 aromatic rings. The second kappa shape index (κ2) is 5.43. The van der Waals surface area contributed by atoms with E-state index in [1.54, 1.807) is 24.3 Å². The molecule has 4 heteroatoms. The van der Waals surface area contributed by atoms with Gasteiger partial charge in [0.2, 0.25) is 0 Å². The summed E-state index contributed by atoms with van der Waals surface area (Å²) in [5.41, 5.74) is -0.491. The van der Waals surface area contributed by atoms with Crippen LogP contribution in [0.1, 0.15) is 32.6 Å². The van der Waals surface area contributed by atoms with Crippen LogP contribution in [0.5, 0.6) is 5.75 Å². The average molecular weight is 262 g/mol. The third-order valence-electron chi connectivity index (χ3n) is 3.91. The molecule has 4 nitrogen and oxygen atoms in total. The minimum atomic E-state index is -0.491. The third-order valence-corrected chi connectivity index (χ3v) is 3.91. The zero-order valence-electron chi connectivity index (χ0n) is 11.0. The lowest BCUT2D eigenvalue weighted by Crippen LogP contribution is -2.33. The van der Waals surface area contributed by atoms with Crippen molar-refractivity contribution < 1.29 is 19.4 Å². The lowest BCUT2D eigenvalue weighted by Gasteiger charge is -2.29. The van der Waals surface area contributed by atoms with E-state index in [1.807, 2.05) is 13.0 Å². The number of ether oxygens (including phenoxy) is 1. The van der Waals surface area contributed by atoms with E-state index in [2.05, 4.69) is 4.74 Å². The number of hydrogen-bond donors (Lipinski definition) is 1. The molecule has 0 spiro atoms. The monoisotopic (exact) mass is 262 g/mol. The van der Waals surface area contributed by atoms with Crippen molar-refractivity contribution >= 4 is 11.9 Å². The van der Waals surface area contributed by atoms with E-state index in [4.69, 9.17) is 5.11 Å². The van der Waals surface area contributed by atoms with Gasteiger partial charge >= 0.3 is 11.9 Å². The van der Waals surface area contributed by atoms with Crippen molar-refractivity contribution in [1.82, 2.24) is 0 Å². The van der Waals surface area contributed by atoms with Crippen molar-refractivity contribution in [1.29, 1.82) is 0 Å². The number of fused-ring (bicyclic) bond motifs is 1. The normalized spacial score (nSPS) is 29.0. The van der Waals surface area contributed by atoms with Gasteiger partial charge in [-0.15, -0.1) is 0 Å². The predicted molar refractivity (Wildman–Crippen MR) is 69.3 cm³/mol. The van der Waals surface area contributed by atoms with Crippen LogP contribution in [0.15, 0.2) is 30.3 Å². The minimum Gasteiger partial charge on any atom is -0.508 e. The van der Waals surface area contributed by atoms with Gasteiger partial charge in [0.1, 0.15) is 5.75 Å². The van der Waals surface area contributed by atoms with Gasteiger partial charge in [-0.1, -0.05) is 31.0 Å². The molecule has 1 aromatic carbocycles. The van der Waals surface area contributed by atoms with Crippen LogP contribution >= 0.6 is 0 Å². The largest absolute Gasteiger partial charge is 0.508 e. The first-order chi connectivity index (χ1) is 9.04. The Morgan fingerprint density at radius 1 is 1.21 bits per heavy atom. The zero-order chi connectivity index (χ0) is 13.9. The number of phenols is 1. The van der Waals surface area contributed by atoms with Gasteiger partial charge in [-0.3, -0.25) is 9.59 Å². The SMILES string of the molecule is CC12CCCCC1C(=O)OC2=O.Oc1ccccc1. The van der Waals surface area contributed by atoms with Gasteiger partial charge in [-0.25, -0.2) is 0 Å². The van der Waals surface area contributed by atoms with E-state index in [0.29, 0.717) is 5.75 Å². The fraction of sp³-hybridized carbons (Fsp3) is 0.467. The predicted octanol–water partition coefficient (Wildman–Crippen LogP) is 2.66. The molecule has 0 amide bonds. The quantitative estimate of drug-likeness (QED) is 0.576. The van der Waals surface area contributed by atoms with Crippen molar-refractivity contribution in [3.63, 3.8) is 0 Å². The average Bonchev–Trinajstić information content (AvgIpc) is 2.62. The van der Waals surface area contributed by atoms with Crippen LogP contribution in [0.4, 0.5) is 0 Å². The maximum atomic E-state index is 11.3. The number of cyclic esters (lactones) is 2. The van der Waals surface area contributed by atoms with Crippen molar-refractivity contribution in [2.75, 3.05) is 0 Å². The van der Waals surface area contributed by atoms with Crippen LogP contribution in [0.25, 0.3) is 0 Å². The molecular formula is C15H18O4. The van der Waals surface area contributed by atoms with Gasteiger partial charge in [0.25, 0.3) is 0 Å². The Hall–Kier alpha value is -1.84. The standard InChI is InChI=1S/C9H12O3.C6H6O/c1-9-5-3-2-4-6(9)7(10)12-8(9)11;7-6-4-2-1-3-5-6/h6H,2-5H2,1H3;1-5,7H. The fourth-order valence-corrected chi connectivity index (χ4v) is 2.66. The van der Waals surface area contributed by atoms with E-state index in [-0.39, 0.29) is 17.9 Å². The lowest BCUT2D eigenvalue weighted by atomic mass is 9.69. The molecular weight excluding hydrogens is 244 g/mol. The Morgan fingerprint density at radius 2 is 1.89 bits per heavy atom. The van der Waals surface area contributed by atoms with Crippen molar-refractivity contribution in [2.24, 2.45) is 11.3 Å². The van der Waals surface area contributed by atoms with Gasteiger partial charge in [-0.05, 0) is 31.9 Å².